The number of carbonyl (C=O) groups excluding carboxylic acids is 3. The van der Waals surface area contributed by atoms with E-state index in [1.54, 1.807) is 21.1 Å². The molecular weight excluding hydrogens is 448 g/mol. The van der Waals surface area contributed by atoms with Gasteiger partial charge >= 0.3 is 12.1 Å². The first-order valence-corrected chi connectivity index (χ1v) is 12.4. The highest BCUT2D eigenvalue weighted by molar-refractivity contribution is 7.08. The molecule has 1 aliphatic carbocycles. The highest BCUT2D eigenvalue weighted by Crippen LogP contribution is 2.46. The minimum absolute atomic E-state index is 0.0900. The molecule has 0 radical (unpaired) electrons. The largest absolute Gasteiger partial charge is 0.327 e. The number of benzene rings is 2. The third-order valence-corrected chi connectivity index (χ3v) is 7.64. The van der Waals surface area contributed by atoms with E-state index in [9.17, 15) is 14.4 Å². The van der Waals surface area contributed by atoms with Gasteiger partial charge in [0, 0.05) is 30.6 Å². The Morgan fingerprint density at radius 1 is 0.971 bits per heavy atom. The van der Waals surface area contributed by atoms with Crippen LogP contribution in [0.4, 0.5) is 15.3 Å². The van der Waals surface area contributed by atoms with Crippen LogP contribution in [0.5, 0.6) is 0 Å². The van der Waals surface area contributed by atoms with Crippen LogP contribution in [-0.2, 0) is 4.79 Å². The number of imide groups is 1. The number of piperazine rings is 1. The zero-order valence-electron chi connectivity index (χ0n) is 18.5. The minimum atomic E-state index is -0.615. The molecule has 0 spiro atoms. The Hall–Kier alpha value is -3.65. The van der Waals surface area contributed by atoms with Crippen LogP contribution in [0.15, 0.2) is 71.4 Å². The number of para-hydroxylation sites is 1. The van der Waals surface area contributed by atoms with Crippen molar-refractivity contribution in [3.8, 4) is 11.1 Å². The summed E-state index contributed by atoms with van der Waals surface area (Å²) in [6.07, 6.45) is 0.797. The molecule has 6 rings (SSSR count). The number of fused-ring (bicyclic) bond motifs is 1. The van der Waals surface area contributed by atoms with Gasteiger partial charge in [-0.15, -0.1) is 0 Å². The van der Waals surface area contributed by atoms with Gasteiger partial charge in [0.05, 0.1) is 12.2 Å². The third-order valence-electron chi connectivity index (χ3n) is 6.96. The van der Waals surface area contributed by atoms with E-state index < -0.39 is 6.04 Å². The number of amides is 5. The molecule has 2 aromatic carbocycles. The summed E-state index contributed by atoms with van der Waals surface area (Å²) in [6.45, 7) is 0.951. The Labute approximate surface area is 201 Å². The summed E-state index contributed by atoms with van der Waals surface area (Å²) in [5.74, 6) is 0.00747. The topological polar surface area (TPSA) is 73.0 Å². The summed E-state index contributed by atoms with van der Waals surface area (Å²) in [5, 5.41) is 7.06. The summed E-state index contributed by atoms with van der Waals surface area (Å²) in [7, 11) is 0. The number of nitrogens with one attached hydrogen (secondary N) is 1. The van der Waals surface area contributed by atoms with Crippen molar-refractivity contribution < 1.29 is 14.4 Å². The van der Waals surface area contributed by atoms with E-state index in [0.717, 1.165) is 28.8 Å². The van der Waals surface area contributed by atoms with Crippen LogP contribution in [0.25, 0.3) is 11.1 Å². The maximum absolute atomic E-state index is 13.3. The van der Waals surface area contributed by atoms with Gasteiger partial charge in [0.1, 0.15) is 6.04 Å². The zero-order chi connectivity index (χ0) is 23.2. The first kappa shape index (κ1) is 20.9. The first-order valence-electron chi connectivity index (χ1n) is 11.5. The lowest BCUT2D eigenvalue weighted by molar-refractivity contribution is -0.129. The van der Waals surface area contributed by atoms with Crippen molar-refractivity contribution in [2.45, 2.75) is 24.4 Å². The predicted molar refractivity (Wildman–Crippen MR) is 131 cm³/mol. The number of thiophene rings is 1. The van der Waals surface area contributed by atoms with Crippen LogP contribution in [0.3, 0.4) is 0 Å². The number of nitrogens with zero attached hydrogens (tertiary/aromatic N) is 3. The summed E-state index contributed by atoms with van der Waals surface area (Å²) >= 11 is 1.60. The Morgan fingerprint density at radius 2 is 1.76 bits per heavy atom. The molecule has 172 valence electrons. The monoisotopic (exact) mass is 472 g/mol. The Bertz CT molecular complexity index is 1250. The van der Waals surface area contributed by atoms with Crippen LogP contribution >= 0.6 is 11.3 Å². The molecule has 3 heterocycles. The van der Waals surface area contributed by atoms with Crippen molar-refractivity contribution in [3.05, 3.63) is 77.0 Å². The second kappa shape index (κ2) is 8.29. The summed E-state index contributed by atoms with van der Waals surface area (Å²) in [6, 6.07) is 18.5. The van der Waals surface area contributed by atoms with Gasteiger partial charge in [-0.2, -0.15) is 11.3 Å². The van der Waals surface area contributed by atoms with Gasteiger partial charge in [0.2, 0.25) is 0 Å². The molecular formula is C26H24N4O3S. The molecule has 1 aromatic heterocycles. The molecule has 2 aliphatic heterocycles. The fourth-order valence-corrected chi connectivity index (χ4v) is 5.74. The lowest BCUT2D eigenvalue weighted by Gasteiger charge is -2.35. The predicted octanol–water partition coefficient (Wildman–Crippen LogP) is 4.45. The molecule has 5 amide bonds. The normalized spacial score (nSPS) is 23.8. The number of urea groups is 2. The van der Waals surface area contributed by atoms with Crippen LogP contribution in [-0.4, -0.2) is 64.4 Å². The van der Waals surface area contributed by atoms with Gasteiger partial charge in [0.15, 0.2) is 0 Å². The Balaban J connectivity index is 1.15. The van der Waals surface area contributed by atoms with Crippen LogP contribution in [0.1, 0.15) is 17.9 Å². The zero-order valence-corrected chi connectivity index (χ0v) is 19.3. The maximum Gasteiger partial charge on any atom is 0.327 e. The van der Waals surface area contributed by atoms with E-state index in [1.807, 2.05) is 71.4 Å². The van der Waals surface area contributed by atoms with E-state index in [4.69, 9.17) is 0 Å². The van der Waals surface area contributed by atoms with Crippen molar-refractivity contribution in [3.63, 3.8) is 0 Å². The summed E-state index contributed by atoms with van der Waals surface area (Å²) < 4.78 is 0. The molecule has 1 N–H and O–H groups in total. The van der Waals surface area contributed by atoms with Crippen molar-refractivity contribution in [1.82, 2.24) is 14.7 Å². The average molecular weight is 473 g/mol. The molecule has 3 aliphatic rings. The van der Waals surface area contributed by atoms with E-state index in [0.29, 0.717) is 13.1 Å². The molecule has 3 atom stereocenters. The molecule has 34 heavy (non-hydrogen) atoms. The maximum atomic E-state index is 13.3. The van der Waals surface area contributed by atoms with Crippen molar-refractivity contribution in [2.75, 3.05) is 25.0 Å². The van der Waals surface area contributed by atoms with Crippen LogP contribution in [0.2, 0.25) is 0 Å². The molecule has 7 nitrogen and oxygen atoms in total. The molecule has 8 heteroatoms. The second-order valence-electron chi connectivity index (χ2n) is 8.95. The van der Waals surface area contributed by atoms with Crippen molar-refractivity contribution in [2.24, 2.45) is 0 Å². The second-order valence-corrected chi connectivity index (χ2v) is 9.73. The molecule has 3 unspecified atom stereocenters. The van der Waals surface area contributed by atoms with Gasteiger partial charge in [-0.25, -0.2) is 9.59 Å². The fourth-order valence-electron chi connectivity index (χ4n) is 5.09. The molecule has 3 fully saturated rings. The number of carbonyl (C=O) groups is 3. The molecule has 3 aromatic rings. The lowest BCUT2D eigenvalue weighted by atomic mass is 10.1. The standard InChI is InChI=1S/C26H24N4O3S/c31-24-23-15-28(25(32)27-21-9-5-4-8-19(21)18-10-13-34-16-18)11-12-29(23)26(33)30(24)22-14-20(22)17-6-2-1-3-7-17/h1-10,13,16,20,22-23H,11-12,14-15H2,(H,27,32). The number of hydrogen-bond donors (Lipinski definition) is 1. The third kappa shape index (κ3) is 3.54. The smallest absolute Gasteiger partial charge is 0.320 e. The highest BCUT2D eigenvalue weighted by Gasteiger charge is 2.56. The van der Waals surface area contributed by atoms with Gasteiger partial charge < -0.3 is 15.1 Å². The summed E-state index contributed by atoms with van der Waals surface area (Å²) in [5.41, 5.74) is 3.89. The molecule has 2 saturated heterocycles. The molecule has 0 bridgehead atoms. The van der Waals surface area contributed by atoms with E-state index in [2.05, 4.69) is 5.32 Å². The van der Waals surface area contributed by atoms with Crippen molar-refractivity contribution in [1.29, 1.82) is 0 Å². The van der Waals surface area contributed by atoms with E-state index in [1.165, 1.54) is 4.90 Å². The number of rotatable bonds is 4. The van der Waals surface area contributed by atoms with Gasteiger partial charge in [0.25, 0.3) is 5.91 Å². The Morgan fingerprint density at radius 3 is 2.56 bits per heavy atom. The first-order chi connectivity index (χ1) is 16.6. The van der Waals surface area contributed by atoms with E-state index in [-0.39, 0.29) is 36.5 Å². The minimum Gasteiger partial charge on any atom is -0.320 e. The SMILES string of the molecule is O=C(Nc1ccccc1-c1ccsc1)N1CCN2C(=O)N(C3CC3c3ccccc3)C(=O)C2C1. The van der Waals surface area contributed by atoms with Gasteiger partial charge in [-0.1, -0.05) is 48.5 Å². The fraction of sp³-hybridized carbons (Fsp3) is 0.269. The highest BCUT2D eigenvalue weighted by atomic mass is 32.1. The van der Waals surface area contributed by atoms with Crippen LogP contribution in [0, 0.1) is 0 Å². The molecule has 1 saturated carbocycles. The van der Waals surface area contributed by atoms with E-state index >= 15 is 0 Å². The average Bonchev–Trinajstić information content (AvgIpc) is 3.36. The number of hydrogen-bond acceptors (Lipinski definition) is 4. The van der Waals surface area contributed by atoms with Crippen LogP contribution < -0.4 is 5.32 Å². The quantitative estimate of drug-likeness (QED) is 0.570. The van der Waals surface area contributed by atoms with Gasteiger partial charge in [-0.05, 0) is 40.4 Å². The Kier molecular flexibility index (Phi) is 5.10. The summed E-state index contributed by atoms with van der Waals surface area (Å²) in [4.78, 5) is 44.1. The lowest BCUT2D eigenvalue weighted by Crippen LogP contribution is -2.55. The number of anilines is 1. The van der Waals surface area contributed by atoms with Crippen molar-refractivity contribution >= 4 is 35.0 Å². The van der Waals surface area contributed by atoms with Gasteiger partial charge in [-0.3, -0.25) is 9.69 Å².